The first-order chi connectivity index (χ1) is 7.86. The number of aliphatic hydroxyl groups excluding tert-OH is 7. The van der Waals surface area contributed by atoms with Crippen LogP contribution in [-0.2, 0) is 4.79 Å². The Morgan fingerprint density at radius 1 is 0.941 bits per heavy atom. The van der Waals surface area contributed by atoms with E-state index in [0.717, 1.165) is 0 Å². The molecular weight excluding hydrogens is 236 g/mol. The Hall–Kier alpha value is -0.610. The molecule has 0 heterocycles. The van der Waals surface area contributed by atoms with Gasteiger partial charge in [0, 0.05) is 13.0 Å². The summed E-state index contributed by atoms with van der Waals surface area (Å²) in [6.45, 7) is -1.35. The fourth-order valence-corrected chi connectivity index (χ4v) is 1.15. The third-order valence-corrected chi connectivity index (χ3v) is 2.28. The van der Waals surface area contributed by atoms with Crippen LogP contribution in [-0.4, -0.2) is 85.3 Å². The summed E-state index contributed by atoms with van der Waals surface area (Å²) in [4.78, 5) is 11.3. The predicted molar refractivity (Wildman–Crippen MR) is 53.8 cm³/mol. The summed E-state index contributed by atoms with van der Waals surface area (Å²) in [6.07, 6.45) is -9.81. The van der Waals surface area contributed by atoms with Crippen molar-refractivity contribution in [2.24, 2.45) is 0 Å². The highest BCUT2D eigenvalue weighted by atomic mass is 16.4. The Morgan fingerprint density at radius 3 is 1.88 bits per heavy atom. The molecule has 0 aromatic rings. The number of carbonyl (C=O) groups is 1. The molecule has 0 spiro atoms. The van der Waals surface area contributed by atoms with Gasteiger partial charge in [-0.3, -0.25) is 4.79 Å². The van der Waals surface area contributed by atoms with Crippen LogP contribution in [0.3, 0.4) is 0 Å². The molecule has 7 N–H and O–H groups in total. The topological polar surface area (TPSA) is 159 Å². The van der Waals surface area contributed by atoms with Gasteiger partial charge in [-0.2, -0.15) is 0 Å². The summed E-state index contributed by atoms with van der Waals surface area (Å²) in [5, 5.41) is 62.9. The lowest BCUT2D eigenvalue weighted by atomic mass is 9.97. The summed E-state index contributed by atoms with van der Waals surface area (Å²) in [7, 11) is 0. The summed E-state index contributed by atoms with van der Waals surface area (Å²) in [5.74, 6) is -1.18. The van der Waals surface area contributed by atoms with Gasteiger partial charge in [0.2, 0.25) is 0 Å². The molecule has 0 amide bonds. The van der Waals surface area contributed by atoms with Crippen LogP contribution in [0.5, 0.6) is 0 Å². The minimum absolute atomic E-state index is 0.318. The quantitative estimate of drug-likeness (QED) is 0.229. The maximum atomic E-state index is 11.3. The van der Waals surface area contributed by atoms with Gasteiger partial charge in [0.05, 0.1) is 6.61 Å². The molecule has 0 aliphatic carbocycles. The molecule has 0 bridgehead atoms. The van der Waals surface area contributed by atoms with Gasteiger partial charge in [0.25, 0.3) is 0 Å². The van der Waals surface area contributed by atoms with E-state index in [2.05, 4.69) is 0 Å². The van der Waals surface area contributed by atoms with E-state index in [1.54, 1.807) is 0 Å². The molecule has 8 heteroatoms. The number of hydrogen-bond acceptors (Lipinski definition) is 8. The lowest BCUT2D eigenvalue weighted by molar-refractivity contribution is -0.154. The van der Waals surface area contributed by atoms with Gasteiger partial charge < -0.3 is 35.7 Å². The van der Waals surface area contributed by atoms with Crippen molar-refractivity contribution in [3.63, 3.8) is 0 Å². The van der Waals surface area contributed by atoms with Crippen LogP contribution in [0.2, 0.25) is 0 Å². The molecule has 0 saturated heterocycles. The number of carbonyl (C=O) groups excluding carboxylic acids is 1. The third kappa shape index (κ3) is 4.64. The van der Waals surface area contributed by atoms with Gasteiger partial charge >= 0.3 is 0 Å². The maximum Gasteiger partial charge on any atom is 0.192 e. The standard InChI is InChI=1S/C9H18O8/c10-2-1-4(12)6(14)8(16)9(17)7(15)5(13)3-11/h4-5,7-13,15-17H,1-3H2/t4?,5-,7-,8+,9+/m1/s1. The minimum Gasteiger partial charge on any atom is -0.396 e. The van der Waals surface area contributed by atoms with Crippen molar-refractivity contribution in [2.45, 2.75) is 36.9 Å². The summed E-state index contributed by atoms with van der Waals surface area (Å²) in [5.41, 5.74) is 0. The van der Waals surface area contributed by atoms with E-state index in [0.29, 0.717) is 0 Å². The molecule has 0 rings (SSSR count). The smallest absolute Gasteiger partial charge is 0.192 e. The molecule has 0 fully saturated rings. The van der Waals surface area contributed by atoms with E-state index in [1.165, 1.54) is 0 Å². The first kappa shape index (κ1) is 16.4. The number of rotatable bonds is 8. The SMILES string of the molecule is O=C(C(O)CCO)[C@H](O)[C@@H](O)[C@H](O)[C@H](O)CO. The van der Waals surface area contributed by atoms with Gasteiger partial charge in [-0.15, -0.1) is 0 Å². The highest BCUT2D eigenvalue weighted by Crippen LogP contribution is 2.08. The van der Waals surface area contributed by atoms with Crippen LogP contribution in [0.15, 0.2) is 0 Å². The fraction of sp³-hybridized carbons (Fsp3) is 0.889. The summed E-state index contributed by atoms with van der Waals surface area (Å²) in [6, 6.07) is 0. The van der Waals surface area contributed by atoms with Crippen LogP contribution >= 0.6 is 0 Å². The van der Waals surface area contributed by atoms with Crippen molar-refractivity contribution in [3.8, 4) is 0 Å². The zero-order valence-electron chi connectivity index (χ0n) is 9.05. The zero-order chi connectivity index (χ0) is 13.6. The van der Waals surface area contributed by atoms with Crippen molar-refractivity contribution in [2.75, 3.05) is 13.2 Å². The van der Waals surface area contributed by atoms with Crippen molar-refractivity contribution >= 4 is 5.78 Å². The molecule has 1 unspecified atom stereocenters. The third-order valence-electron chi connectivity index (χ3n) is 2.28. The van der Waals surface area contributed by atoms with Crippen LogP contribution < -0.4 is 0 Å². The first-order valence-corrected chi connectivity index (χ1v) is 5.02. The largest absolute Gasteiger partial charge is 0.396 e. The van der Waals surface area contributed by atoms with E-state index in [-0.39, 0.29) is 6.42 Å². The van der Waals surface area contributed by atoms with Crippen molar-refractivity contribution < 1.29 is 40.5 Å². The van der Waals surface area contributed by atoms with E-state index < -0.39 is 49.5 Å². The van der Waals surface area contributed by atoms with E-state index >= 15 is 0 Å². The molecule has 0 aromatic carbocycles. The van der Waals surface area contributed by atoms with Crippen LogP contribution in [0.1, 0.15) is 6.42 Å². The molecule has 0 aliphatic heterocycles. The summed E-state index contributed by atoms with van der Waals surface area (Å²) >= 11 is 0. The maximum absolute atomic E-state index is 11.3. The molecular formula is C9H18O8. The van der Waals surface area contributed by atoms with Gasteiger partial charge in [-0.05, 0) is 0 Å². The van der Waals surface area contributed by atoms with E-state index in [1.807, 2.05) is 0 Å². The van der Waals surface area contributed by atoms with Crippen molar-refractivity contribution in [1.82, 2.24) is 0 Å². The first-order valence-electron chi connectivity index (χ1n) is 5.02. The average Bonchev–Trinajstić information content (AvgIpc) is 2.34. The zero-order valence-corrected chi connectivity index (χ0v) is 9.05. The number of aliphatic hydroxyl groups is 7. The van der Waals surface area contributed by atoms with Crippen LogP contribution in [0, 0.1) is 0 Å². The highest BCUT2D eigenvalue weighted by Gasteiger charge is 2.36. The molecule has 0 aromatic heterocycles. The second kappa shape index (κ2) is 7.67. The van der Waals surface area contributed by atoms with Crippen molar-refractivity contribution in [1.29, 1.82) is 0 Å². The minimum atomic E-state index is -2.12. The highest BCUT2D eigenvalue weighted by molar-refractivity contribution is 5.87. The van der Waals surface area contributed by atoms with E-state index in [9.17, 15) is 20.1 Å². The molecule has 17 heavy (non-hydrogen) atoms. The second-order valence-corrected chi connectivity index (χ2v) is 3.61. The summed E-state index contributed by atoms with van der Waals surface area (Å²) < 4.78 is 0. The Balaban J connectivity index is 4.47. The Bertz CT molecular complexity index is 233. The molecule has 0 saturated carbocycles. The Morgan fingerprint density at radius 2 is 1.47 bits per heavy atom. The fourth-order valence-electron chi connectivity index (χ4n) is 1.15. The van der Waals surface area contributed by atoms with Crippen molar-refractivity contribution in [3.05, 3.63) is 0 Å². The Kier molecular flexibility index (Phi) is 7.39. The number of hydrogen-bond donors (Lipinski definition) is 7. The van der Waals surface area contributed by atoms with Gasteiger partial charge in [-0.1, -0.05) is 0 Å². The molecule has 0 aliphatic rings. The predicted octanol–water partition coefficient (Wildman–Crippen LogP) is -4.27. The van der Waals surface area contributed by atoms with Crippen LogP contribution in [0.25, 0.3) is 0 Å². The normalized spacial score (nSPS) is 20.4. The monoisotopic (exact) mass is 254 g/mol. The lowest BCUT2D eigenvalue weighted by Gasteiger charge is -2.25. The van der Waals surface area contributed by atoms with E-state index in [4.69, 9.17) is 20.4 Å². The van der Waals surface area contributed by atoms with Gasteiger partial charge in [-0.25, -0.2) is 0 Å². The van der Waals surface area contributed by atoms with Crippen LogP contribution in [0.4, 0.5) is 0 Å². The Labute approximate surface area is 97.4 Å². The van der Waals surface area contributed by atoms with Gasteiger partial charge in [0.15, 0.2) is 5.78 Å². The molecule has 5 atom stereocenters. The molecule has 0 radical (unpaired) electrons. The lowest BCUT2D eigenvalue weighted by Crippen LogP contribution is -2.51. The molecule has 102 valence electrons. The second-order valence-electron chi connectivity index (χ2n) is 3.61. The molecule has 8 nitrogen and oxygen atoms in total. The number of Topliss-reactive ketones (excluding diaryl/α,β-unsaturated/α-hetero) is 1. The average molecular weight is 254 g/mol. The number of ketones is 1. The van der Waals surface area contributed by atoms with Gasteiger partial charge in [0.1, 0.15) is 30.5 Å².